The third-order valence-corrected chi connectivity index (χ3v) is 2.64. The molecule has 31 heavy (non-hydrogen) atoms. The molecule has 0 saturated carbocycles. The quantitative estimate of drug-likeness (QED) is 0.119. The molecule has 0 saturated heterocycles. The Balaban J connectivity index is 0.000000479. The lowest BCUT2D eigenvalue weighted by atomic mass is 10.3. The van der Waals surface area contributed by atoms with Gasteiger partial charge in [-0.3, -0.25) is 29.3 Å². The van der Waals surface area contributed by atoms with Gasteiger partial charge in [0.25, 0.3) is 11.4 Å². The third-order valence-electron chi connectivity index (χ3n) is 2.64. The Hall–Kier alpha value is -4.35. The van der Waals surface area contributed by atoms with Crippen LogP contribution in [-0.4, -0.2) is 39.3 Å². The highest BCUT2D eigenvalue weighted by Crippen LogP contribution is 2.18. The molecule has 0 aliphatic carbocycles. The maximum Gasteiger partial charge on any atom is 0.394 e. The van der Waals surface area contributed by atoms with E-state index in [2.05, 4.69) is 9.98 Å². The molecule has 0 spiro atoms. The van der Waals surface area contributed by atoms with E-state index in [0.29, 0.717) is 11.4 Å². The largest absolute Gasteiger partial charge is 0.394 e. The van der Waals surface area contributed by atoms with Crippen molar-refractivity contribution in [1.29, 1.82) is 0 Å². The van der Waals surface area contributed by atoms with E-state index in [1.807, 2.05) is 0 Å². The van der Waals surface area contributed by atoms with E-state index in [9.17, 15) is 20.2 Å². The summed E-state index contributed by atoms with van der Waals surface area (Å²) in [5.41, 5.74) is 21.5. The smallest absolute Gasteiger partial charge is 0.370 e. The van der Waals surface area contributed by atoms with E-state index in [4.69, 9.17) is 40.5 Å². The van der Waals surface area contributed by atoms with Crippen molar-refractivity contribution in [3.63, 3.8) is 0 Å². The number of hydrogen-bond donors (Lipinski definition) is 6. The predicted octanol–water partition coefficient (Wildman–Crippen LogP) is 0.347. The molecule has 0 bridgehead atoms. The van der Waals surface area contributed by atoms with E-state index >= 15 is 0 Å². The number of aliphatic imine (C=N–C) groups is 2. The lowest BCUT2D eigenvalue weighted by molar-refractivity contribution is -0.385. The molecule has 0 unspecified atom stereocenters. The number of nitro groups is 2. The zero-order valence-electron chi connectivity index (χ0n) is 15.5. The normalized spacial score (nSPS) is 9.61. The number of nitrogens with two attached hydrogens (primary N) is 4. The molecule has 0 amide bonds. The molecule has 0 aliphatic heterocycles. The van der Waals surface area contributed by atoms with Gasteiger partial charge in [-0.15, -0.1) is 0 Å². The highest BCUT2D eigenvalue weighted by atomic mass is 32.3. The predicted molar refractivity (Wildman–Crippen MR) is 111 cm³/mol. The highest BCUT2D eigenvalue weighted by molar-refractivity contribution is 7.79. The molecule has 0 aliphatic rings. The van der Waals surface area contributed by atoms with Crippen molar-refractivity contribution >= 4 is 45.1 Å². The number of guanidine groups is 2. The van der Waals surface area contributed by atoms with Crippen LogP contribution in [0.1, 0.15) is 0 Å². The average molecular weight is 458 g/mol. The molecular formula is C14H18N8O8S. The van der Waals surface area contributed by atoms with E-state index in [0.717, 1.165) is 0 Å². The topological polar surface area (TPSA) is 290 Å². The van der Waals surface area contributed by atoms with E-state index < -0.39 is 20.2 Å². The lowest BCUT2D eigenvalue weighted by Crippen LogP contribution is -2.21. The van der Waals surface area contributed by atoms with Gasteiger partial charge in [-0.1, -0.05) is 0 Å². The number of hydrogen-bond acceptors (Lipinski definition) is 8. The van der Waals surface area contributed by atoms with Crippen molar-refractivity contribution < 1.29 is 27.4 Å². The maximum atomic E-state index is 10.3. The summed E-state index contributed by atoms with van der Waals surface area (Å²) in [5.74, 6) is -0.150. The van der Waals surface area contributed by atoms with Crippen molar-refractivity contribution in [1.82, 2.24) is 0 Å². The second-order valence-electron chi connectivity index (χ2n) is 5.07. The van der Waals surface area contributed by atoms with Gasteiger partial charge in [0.2, 0.25) is 0 Å². The molecule has 0 heterocycles. The Bertz CT molecular complexity index is 965. The first-order chi connectivity index (χ1) is 14.2. The van der Waals surface area contributed by atoms with E-state index in [1.165, 1.54) is 48.5 Å². The summed E-state index contributed by atoms with van der Waals surface area (Å²) in [5, 5.41) is 20.5. The Morgan fingerprint density at radius 1 is 0.710 bits per heavy atom. The monoisotopic (exact) mass is 458 g/mol. The van der Waals surface area contributed by atoms with Gasteiger partial charge in [-0.2, -0.15) is 8.42 Å². The van der Waals surface area contributed by atoms with Gasteiger partial charge in [0, 0.05) is 24.3 Å². The van der Waals surface area contributed by atoms with E-state index in [1.54, 1.807) is 0 Å². The van der Waals surface area contributed by atoms with Crippen molar-refractivity contribution in [2.45, 2.75) is 0 Å². The van der Waals surface area contributed by atoms with Crippen LogP contribution in [-0.2, 0) is 10.4 Å². The van der Waals surface area contributed by atoms with Crippen LogP contribution in [0.15, 0.2) is 58.5 Å². The van der Waals surface area contributed by atoms with Crippen LogP contribution in [0.5, 0.6) is 0 Å². The fourth-order valence-electron chi connectivity index (χ4n) is 1.60. The average Bonchev–Trinajstić information content (AvgIpc) is 2.60. The number of nitrogens with zero attached hydrogens (tertiary/aromatic N) is 4. The van der Waals surface area contributed by atoms with Crippen molar-refractivity contribution in [2.24, 2.45) is 32.9 Å². The second-order valence-corrected chi connectivity index (χ2v) is 5.96. The number of rotatable bonds is 4. The number of nitro benzene ring substituents is 2. The Morgan fingerprint density at radius 3 is 1.10 bits per heavy atom. The molecule has 2 aromatic rings. The molecule has 17 heteroatoms. The standard InChI is InChI=1S/2C7H8N4O2.H2O4S/c2*8-7(9)10-5-1-3-6(4-2-5)11(12)13;1-5(2,3)4/h2*1-4H,(H4,8,9,10);(H2,1,2,3,4). The van der Waals surface area contributed by atoms with Crippen molar-refractivity contribution in [2.75, 3.05) is 0 Å². The fourth-order valence-corrected chi connectivity index (χ4v) is 1.60. The lowest BCUT2D eigenvalue weighted by Gasteiger charge is -1.94. The molecule has 10 N–H and O–H groups in total. The van der Waals surface area contributed by atoms with Crippen LogP contribution in [0.25, 0.3) is 0 Å². The Labute approximate surface area is 174 Å². The first-order valence-electron chi connectivity index (χ1n) is 7.57. The molecule has 0 aromatic heterocycles. The summed E-state index contributed by atoms with van der Waals surface area (Å²) in [4.78, 5) is 27.0. The molecule has 0 fully saturated rings. The van der Waals surface area contributed by atoms with Crippen LogP contribution in [0.3, 0.4) is 0 Å². The first-order valence-corrected chi connectivity index (χ1v) is 8.96. The molecule has 0 atom stereocenters. The first kappa shape index (κ1) is 26.6. The van der Waals surface area contributed by atoms with Gasteiger partial charge >= 0.3 is 10.4 Å². The van der Waals surface area contributed by atoms with Gasteiger partial charge < -0.3 is 22.9 Å². The highest BCUT2D eigenvalue weighted by Gasteiger charge is 2.03. The Kier molecular flexibility index (Phi) is 10.5. The summed E-state index contributed by atoms with van der Waals surface area (Å²) in [6.07, 6.45) is 0. The molecule has 2 aromatic carbocycles. The van der Waals surface area contributed by atoms with Crippen LogP contribution in [0.2, 0.25) is 0 Å². The molecule has 168 valence electrons. The van der Waals surface area contributed by atoms with Crippen molar-refractivity contribution in [3.05, 3.63) is 68.8 Å². The Morgan fingerprint density at radius 2 is 0.935 bits per heavy atom. The van der Waals surface area contributed by atoms with Crippen LogP contribution < -0.4 is 22.9 Å². The summed E-state index contributed by atoms with van der Waals surface area (Å²) in [7, 11) is -4.67. The molecule has 2 rings (SSSR count). The molecule has 0 radical (unpaired) electrons. The summed E-state index contributed by atoms with van der Waals surface area (Å²) >= 11 is 0. The van der Waals surface area contributed by atoms with Crippen LogP contribution in [0, 0.1) is 20.2 Å². The second kappa shape index (κ2) is 12.3. The van der Waals surface area contributed by atoms with Crippen LogP contribution >= 0.6 is 0 Å². The fraction of sp³-hybridized carbons (Fsp3) is 0. The van der Waals surface area contributed by atoms with Crippen molar-refractivity contribution in [3.8, 4) is 0 Å². The van der Waals surface area contributed by atoms with Crippen LogP contribution in [0.4, 0.5) is 22.7 Å². The van der Waals surface area contributed by atoms with E-state index in [-0.39, 0.29) is 23.3 Å². The SMILES string of the molecule is NC(N)=Nc1ccc([N+](=O)[O-])cc1.NC(N)=Nc1ccc([N+](=O)[O-])cc1.O=S(=O)(O)O. The van der Waals surface area contributed by atoms with Gasteiger partial charge in [0.1, 0.15) is 0 Å². The minimum absolute atomic E-state index is 0.00884. The van der Waals surface area contributed by atoms with Gasteiger partial charge in [0.15, 0.2) is 11.9 Å². The molecular weight excluding hydrogens is 440 g/mol. The third kappa shape index (κ3) is 14.3. The zero-order valence-corrected chi connectivity index (χ0v) is 16.3. The summed E-state index contributed by atoms with van der Waals surface area (Å²) < 4.78 is 31.6. The van der Waals surface area contributed by atoms with Gasteiger partial charge in [0.05, 0.1) is 21.2 Å². The maximum absolute atomic E-state index is 10.3. The zero-order chi connectivity index (χ0) is 24.2. The number of benzene rings is 2. The number of non-ortho nitro benzene ring substituents is 2. The summed E-state index contributed by atoms with van der Waals surface area (Å²) in [6.45, 7) is 0. The van der Waals surface area contributed by atoms with Gasteiger partial charge in [-0.25, -0.2) is 9.98 Å². The minimum atomic E-state index is -4.67. The molecule has 16 nitrogen and oxygen atoms in total. The minimum Gasteiger partial charge on any atom is -0.370 e. The summed E-state index contributed by atoms with van der Waals surface area (Å²) in [6, 6.07) is 11.2. The van der Waals surface area contributed by atoms with Gasteiger partial charge in [-0.05, 0) is 24.3 Å².